The van der Waals surface area contributed by atoms with Gasteiger partial charge in [-0.05, 0) is 48.8 Å². The summed E-state index contributed by atoms with van der Waals surface area (Å²) in [6.07, 6.45) is 0. The Morgan fingerprint density at radius 1 is 1.47 bits per heavy atom. The molecule has 0 aliphatic rings. The van der Waals surface area contributed by atoms with Gasteiger partial charge in [-0.3, -0.25) is 0 Å². The Balaban J connectivity index is 3.01. The van der Waals surface area contributed by atoms with E-state index in [1.54, 1.807) is 0 Å². The molecule has 0 atom stereocenters. The summed E-state index contributed by atoms with van der Waals surface area (Å²) in [6.45, 7) is 5.76. The first kappa shape index (κ1) is 14.3. The number of hydrogen-bond donors (Lipinski definition) is 2. The average Bonchev–Trinajstić information content (AvgIpc) is 2.08. The van der Waals surface area contributed by atoms with E-state index in [1.165, 1.54) is 12.1 Å². The lowest BCUT2D eigenvalue weighted by Gasteiger charge is -2.16. The van der Waals surface area contributed by atoms with Crippen LogP contribution in [-0.4, -0.2) is 11.5 Å². The minimum atomic E-state index is -0.418. The Bertz CT molecular complexity index is 432. The molecule has 0 aromatic heterocycles. The molecule has 0 aliphatic carbocycles. The number of nitrogens with zero attached hydrogens (tertiary/aromatic N) is 1. The molecule has 0 radical (unpaired) electrons. The fourth-order valence-corrected chi connectivity index (χ4v) is 2.08. The maximum absolute atomic E-state index is 13.0. The Morgan fingerprint density at radius 2 is 2.06 bits per heavy atom. The summed E-state index contributed by atoms with van der Waals surface area (Å²) in [7, 11) is 0. The van der Waals surface area contributed by atoms with Gasteiger partial charge in [-0.15, -0.1) is 0 Å². The van der Waals surface area contributed by atoms with Crippen LogP contribution in [0.25, 0.3) is 0 Å². The number of benzene rings is 1. The van der Waals surface area contributed by atoms with Crippen molar-refractivity contribution in [1.82, 2.24) is 0 Å². The maximum Gasteiger partial charge on any atom is 0.193 e. The Labute approximate surface area is 113 Å². The van der Waals surface area contributed by atoms with Crippen LogP contribution in [0.15, 0.2) is 21.6 Å². The Kier molecular flexibility index (Phi) is 4.38. The summed E-state index contributed by atoms with van der Waals surface area (Å²) >= 11 is 9.12. The minimum Gasteiger partial charge on any atom is -0.370 e. The molecule has 0 saturated carbocycles. The van der Waals surface area contributed by atoms with Crippen LogP contribution in [-0.2, 0) is 0 Å². The van der Waals surface area contributed by atoms with Crippen LogP contribution in [0.4, 0.5) is 10.1 Å². The highest BCUT2D eigenvalue weighted by atomic mass is 79.9. The van der Waals surface area contributed by atoms with Crippen molar-refractivity contribution in [1.29, 1.82) is 0 Å². The fraction of sp³-hybridized carbons (Fsp3) is 0.364. The van der Waals surface area contributed by atoms with Crippen LogP contribution in [0, 0.1) is 5.82 Å². The summed E-state index contributed by atoms with van der Waals surface area (Å²) in [5.41, 5.74) is 5.94. The van der Waals surface area contributed by atoms with Gasteiger partial charge in [0.2, 0.25) is 0 Å². The molecule has 1 aromatic rings. The zero-order valence-corrected chi connectivity index (χ0v) is 12.2. The van der Waals surface area contributed by atoms with E-state index in [9.17, 15) is 4.39 Å². The lowest BCUT2D eigenvalue weighted by atomic mass is 10.1. The molecule has 0 spiro atoms. The molecule has 0 aliphatic heterocycles. The standard InChI is InChI=1S/C11H14BrClFN3/c1-11(2,3)17-10(15)16-9-7(12)4-6(14)5-8(9)13/h4-5H,1-3H3,(H3,15,16,17). The van der Waals surface area contributed by atoms with Crippen molar-refractivity contribution in [3.05, 3.63) is 27.4 Å². The number of nitrogens with one attached hydrogen (secondary N) is 1. The summed E-state index contributed by atoms with van der Waals surface area (Å²) in [5.74, 6) is -0.189. The molecule has 0 saturated heterocycles. The molecule has 3 nitrogen and oxygen atoms in total. The number of aliphatic imine (C=N–C) groups is 1. The number of nitrogens with two attached hydrogens (primary N) is 1. The normalized spacial score (nSPS) is 12.7. The molecule has 1 rings (SSSR count). The number of guanidine groups is 1. The predicted octanol–water partition coefficient (Wildman–Crippen LogP) is 3.77. The summed E-state index contributed by atoms with van der Waals surface area (Å²) < 4.78 is 13.5. The van der Waals surface area contributed by atoms with Crippen LogP contribution in [0.3, 0.4) is 0 Å². The minimum absolute atomic E-state index is 0.228. The molecule has 1 aromatic carbocycles. The molecule has 3 N–H and O–H groups in total. The van der Waals surface area contributed by atoms with Crippen LogP contribution < -0.4 is 11.1 Å². The molecule has 94 valence electrons. The molecule has 0 bridgehead atoms. The van der Waals surface area contributed by atoms with Crippen molar-refractivity contribution < 1.29 is 4.39 Å². The SMILES string of the molecule is CC(C)(C)N=C(N)Nc1c(Cl)cc(F)cc1Br. The van der Waals surface area contributed by atoms with Crippen LogP contribution in [0.2, 0.25) is 5.02 Å². The van der Waals surface area contributed by atoms with Crippen molar-refractivity contribution in [3.8, 4) is 0 Å². The van der Waals surface area contributed by atoms with E-state index >= 15 is 0 Å². The largest absolute Gasteiger partial charge is 0.370 e. The monoisotopic (exact) mass is 321 g/mol. The first-order valence-electron chi connectivity index (χ1n) is 4.96. The summed E-state index contributed by atoms with van der Waals surface area (Å²) in [5, 5.41) is 3.08. The first-order chi connectivity index (χ1) is 7.69. The van der Waals surface area contributed by atoms with Gasteiger partial charge in [0, 0.05) is 4.47 Å². The van der Waals surface area contributed by atoms with E-state index in [4.69, 9.17) is 17.3 Å². The lowest BCUT2D eigenvalue weighted by Crippen LogP contribution is -2.27. The third-order valence-electron chi connectivity index (χ3n) is 1.72. The van der Waals surface area contributed by atoms with E-state index in [0.717, 1.165) is 0 Å². The van der Waals surface area contributed by atoms with Crippen molar-refractivity contribution in [2.75, 3.05) is 5.32 Å². The lowest BCUT2D eigenvalue weighted by molar-refractivity contribution is 0.583. The van der Waals surface area contributed by atoms with Crippen LogP contribution in [0.5, 0.6) is 0 Å². The van der Waals surface area contributed by atoms with Gasteiger partial charge in [-0.25, -0.2) is 9.38 Å². The highest BCUT2D eigenvalue weighted by Crippen LogP contribution is 2.31. The van der Waals surface area contributed by atoms with Crippen LogP contribution in [0.1, 0.15) is 20.8 Å². The quantitative estimate of drug-likeness (QED) is 0.611. The molecular weight excluding hydrogens is 308 g/mol. The molecular formula is C11H14BrClFN3. The Morgan fingerprint density at radius 3 is 2.53 bits per heavy atom. The van der Waals surface area contributed by atoms with Gasteiger partial charge in [0.1, 0.15) is 5.82 Å². The molecule has 0 fully saturated rings. The zero-order valence-electron chi connectivity index (χ0n) is 9.81. The number of hydrogen-bond acceptors (Lipinski definition) is 1. The second-order valence-electron chi connectivity index (χ2n) is 4.54. The van der Waals surface area contributed by atoms with Crippen molar-refractivity contribution in [3.63, 3.8) is 0 Å². The number of rotatable bonds is 1. The molecule has 0 unspecified atom stereocenters. The van der Waals surface area contributed by atoms with Gasteiger partial charge < -0.3 is 11.1 Å². The number of halogens is 3. The zero-order chi connectivity index (χ0) is 13.2. The van der Waals surface area contributed by atoms with Gasteiger partial charge in [0.05, 0.1) is 16.2 Å². The van der Waals surface area contributed by atoms with E-state index < -0.39 is 5.82 Å². The smallest absolute Gasteiger partial charge is 0.193 e. The van der Waals surface area contributed by atoms with Gasteiger partial charge in [-0.1, -0.05) is 11.6 Å². The van der Waals surface area contributed by atoms with Gasteiger partial charge in [0.15, 0.2) is 5.96 Å². The van der Waals surface area contributed by atoms with Crippen molar-refractivity contribution >= 4 is 39.2 Å². The van der Waals surface area contributed by atoms with Gasteiger partial charge >= 0.3 is 0 Å². The predicted molar refractivity (Wildman–Crippen MR) is 74.1 cm³/mol. The topological polar surface area (TPSA) is 50.4 Å². The molecule has 0 amide bonds. The first-order valence-corrected chi connectivity index (χ1v) is 6.13. The van der Waals surface area contributed by atoms with Crippen molar-refractivity contribution in [2.45, 2.75) is 26.3 Å². The number of anilines is 1. The molecule has 6 heteroatoms. The Hall–Kier alpha value is -0.810. The highest BCUT2D eigenvalue weighted by Gasteiger charge is 2.12. The van der Waals surface area contributed by atoms with E-state index in [-0.39, 0.29) is 16.5 Å². The average molecular weight is 323 g/mol. The van der Waals surface area contributed by atoms with E-state index in [2.05, 4.69) is 26.2 Å². The summed E-state index contributed by atoms with van der Waals surface area (Å²) in [6, 6.07) is 2.51. The fourth-order valence-electron chi connectivity index (χ4n) is 1.18. The second-order valence-corrected chi connectivity index (χ2v) is 5.80. The van der Waals surface area contributed by atoms with Crippen molar-refractivity contribution in [2.24, 2.45) is 10.7 Å². The third-order valence-corrected chi connectivity index (χ3v) is 2.64. The summed E-state index contributed by atoms with van der Waals surface area (Å²) in [4.78, 5) is 4.22. The van der Waals surface area contributed by atoms with E-state index in [1.807, 2.05) is 20.8 Å². The molecule has 17 heavy (non-hydrogen) atoms. The third kappa shape index (κ3) is 4.52. The van der Waals surface area contributed by atoms with Gasteiger partial charge in [-0.2, -0.15) is 0 Å². The van der Waals surface area contributed by atoms with Crippen LogP contribution >= 0.6 is 27.5 Å². The molecule has 0 heterocycles. The second kappa shape index (κ2) is 5.23. The van der Waals surface area contributed by atoms with Gasteiger partial charge in [0.25, 0.3) is 0 Å². The highest BCUT2D eigenvalue weighted by molar-refractivity contribution is 9.10. The maximum atomic E-state index is 13.0. The van der Waals surface area contributed by atoms with E-state index in [0.29, 0.717) is 10.2 Å².